The number of rotatable bonds is 4. The summed E-state index contributed by atoms with van der Waals surface area (Å²) in [7, 11) is -3.96. The molecule has 0 aliphatic carbocycles. The Kier molecular flexibility index (Phi) is 3.84. The first kappa shape index (κ1) is 9.27. The first-order valence-electron chi connectivity index (χ1n) is 2.29. The monoisotopic (exact) mass is 168 g/mol. The third-order valence-corrected chi connectivity index (χ3v) is 1.12. The largest absolute Gasteiger partial charge is 0.305 e. The van der Waals surface area contributed by atoms with Gasteiger partial charge in [-0.1, -0.05) is 5.22 Å². The lowest BCUT2D eigenvalue weighted by Gasteiger charge is -1.94. The van der Waals surface area contributed by atoms with Crippen LogP contribution in [0, 0.1) is 0 Å². The summed E-state index contributed by atoms with van der Waals surface area (Å²) >= 11 is 0. The van der Waals surface area contributed by atoms with Crippen LogP contribution in [0.1, 0.15) is 0 Å². The van der Waals surface area contributed by atoms with Gasteiger partial charge in [-0.05, 0) is 0 Å². The molecule has 0 aromatic rings. The summed E-state index contributed by atoms with van der Waals surface area (Å²) in [6.07, 6.45) is 0. The average molecular weight is 168 g/mol. The van der Waals surface area contributed by atoms with Crippen molar-refractivity contribution in [3.8, 4) is 0 Å². The third kappa shape index (κ3) is 7.27. The van der Waals surface area contributed by atoms with E-state index in [-0.39, 0.29) is 6.67 Å². The van der Waals surface area contributed by atoms with Crippen LogP contribution >= 0.6 is 0 Å². The van der Waals surface area contributed by atoms with Gasteiger partial charge in [0.2, 0.25) is 0 Å². The molecular formula is C2H8N4O3S. The van der Waals surface area contributed by atoms with Crippen molar-refractivity contribution in [2.24, 2.45) is 16.2 Å². The molecule has 0 aliphatic rings. The molecule has 0 rings (SSSR count). The topological polar surface area (TPSA) is 117 Å². The van der Waals surface area contributed by atoms with Crippen molar-refractivity contribution in [2.45, 2.75) is 0 Å². The smallest absolute Gasteiger partial charge is 0.278 e. The SMILES string of the molecule is NN=NCNCS(=O)(=O)O. The first-order chi connectivity index (χ1) is 4.56. The van der Waals surface area contributed by atoms with Gasteiger partial charge >= 0.3 is 0 Å². The van der Waals surface area contributed by atoms with E-state index in [2.05, 4.69) is 21.5 Å². The van der Waals surface area contributed by atoms with Gasteiger partial charge in [-0.25, -0.2) is 0 Å². The van der Waals surface area contributed by atoms with Crippen LogP contribution in [0.5, 0.6) is 0 Å². The molecule has 0 radical (unpaired) electrons. The first-order valence-corrected chi connectivity index (χ1v) is 3.90. The number of nitrogens with zero attached hydrogens (tertiary/aromatic N) is 2. The molecule has 0 unspecified atom stereocenters. The highest BCUT2D eigenvalue weighted by Gasteiger charge is 2.00. The Balaban J connectivity index is 3.39. The Labute approximate surface area is 58.0 Å². The van der Waals surface area contributed by atoms with E-state index in [0.29, 0.717) is 0 Å². The quantitative estimate of drug-likeness (QED) is 0.159. The van der Waals surface area contributed by atoms with Crippen molar-refractivity contribution in [3.63, 3.8) is 0 Å². The molecular weight excluding hydrogens is 160 g/mol. The number of hydrogen-bond donors (Lipinski definition) is 3. The second-order valence-electron chi connectivity index (χ2n) is 1.39. The van der Waals surface area contributed by atoms with E-state index >= 15 is 0 Å². The molecule has 0 spiro atoms. The highest BCUT2D eigenvalue weighted by Crippen LogP contribution is 1.75. The van der Waals surface area contributed by atoms with E-state index in [0.717, 1.165) is 0 Å². The molecule has 4 N–H and O–H groups in total. The maximum absolute atomic E-state index is 9.98. The fourth-order valence-corrected chi connectivity index (χ4v) is 0.615. The van der Waals surface area contributed by atoms with E-state index in [1.54, 1.807) is 0 Å². The van der Waals surface area contributed by atoms with E-state index in [1.807, 2.05) is 0 Å². The predicted octanol–water partition coefficient (Wildman–Crippen LogP) is -1.30. The zero-order valence-corrected chi connectivity index (χ0v) is 5.87. The van der Waals surface area contributed by atoms with Crippen molar-refractivity contribution in [3.05, 3.63) is 0 Å². The zero-order chi connectivity index (χ0) is 8.04. The van der Waals surface area contributed by atoms with Crippen molar-refractivity contribution in [1.82, 2.24) is 5.32 Å². The summed E-state index contributed by atoms with van der Waals surface area (Å²) in [6.45, 7) is -0.0315. The number of hydrogen-bond acceptors (Lipinski definition) is 5. The van der Waals surface area contributed by atoms with Crippen molar-refractivity contribution in [2.75, 3.05) is 12.5 Å². The molecule has 0 amide bonds. The van der Waals surface area contributed by atoms with Gasteiger partial charge in [-0.15, -0.1) is 0 Å². The lowest BCUT2D eigenvalue weighted by atomic mass is 11.1. The predicted molar refractivity (Wildman–Crippen MR) is 33.5 cm³/mol. The van der Waals surface area contributed by atoms with Gasteiger partial charge in [0, 0.05) is 0 Å². The van der Waals surface area contributed by atoms with Crippen molar-refractivity contribution >= 4 is 10.1 Å². The Morgan fingerprint density at radius 2 is 2.20 bits per heavy atom. The Morgan fingerprint density at radius 3 is 2.60 bits per heavy atom. The maximum atomic E-state index is 9.98. The third-order valence-electron chi connectivity index (χ3n) is 0.549. The van der Waals surface area contributed by atoms with Crippen LogP contribution < -0.4 is 11.2 Å². The van der Waals surface area contributed by atoms with Crippen LogP contribution in [0.3, 0.4) is 0 Å². The Morgan fingerprint density at radius 1 is 1.60 bits per heavy atom. The highest BCUT2D eigenvalue weighted by atomic mass is 32.2. The molecule has 0 heterocycles. The normalized spacial score (nSPS) is 12.5. The summed E-state index contributed by atoms with van der Waals surface area (Å²) in [5, 5.41) is 8.28. The molecule has 0 saturated carbocycles. The Hall–Kier alpha value is -0.730. The van der Waals surface area contributed by atoms with Gasteiger partial charge in [0.05, 0.1) is 0 Å². The lowest BCUT2D eigenvalue weighted by Crippen LogP contribution is -2.22. The van der Waals surface area contributed by atoms with Crippen LogP contribution in [0.4, 0.5) is 0 Å². The van der Waals surface area contributed by atoms with Crippen LogP contribution in [0.2, 0.25) is 0 Å². The maximum Gasteiger partial charge on any atom is 0.278 e. The van der Waals surface area contributed by atoms with E-state index in [4.69, 9.17) is 4.55 Å². The van der Waals surface area contributed by atoms with Crippen LogP contribution in [-0.2, 0) is 10.1 Å². The van der Waals surface area contributed by atoms with Crippen LogP contribution in [-0.4, -0.2) is 25.5 Å². The lowest BCUT2D eigenvalue weighted by molar-refractivity contribution is 0.476. The van der Waals surface area contributed by atoms with Crippen LogP contribution in [0.15, 0.2) is 10.3 Å². The second kappa shape index (κ2) is 4.14. The molecule has 0 aliphatic heterocycles. The average Bonchev–Trinajstić information content (AvgIpc) is 1.78. The van der Waals surface area contributed by atoms with Gasteiger partial charge in [0.25, 0.3) is 10.1 Å². The minimum Gasteiger partial charge on any atom is -0.305 e. The highest BCUT2D eigenvalue weighted by molar-refractivity contribution is 7.85. The summed E-state index contributed by atoms with van der Waals surface area (Å²) in [4.78, 5) is 0. The van der Waals surface area contributed by atoms with Gasteiger partial charge in [0.15, 0.2) is 0 Å². The molecule has 8 heteroatoms. The van der Waals surface area contributed by atoms with Gasteiger partial charge in [-0.3, -0.25) is 9.87 Å². The molecule has 10 heavy (non-hydrogen) atoms. The van der Waals surface area contributed by atoms with Gasteiger partial charge < -0.3 is 5.84 Å². The van der Waals surface area contributed by atoms with Crippen molar-refractivity contribution < 1.29 is 13.0 Å². The van der Waals surface area contributed by atoms with E-state index in [9.17, 15) is 8.42 Å². The van der Waals surface area contributed by atoms with Crippen LogP contribution in [0.25, 0.3) is 0 Å². The van der Waals surface area contributed by atoms with Crippen molar-refractivity contribution in [1.29, 1.82) is 0 Å². The molecule has 0 saturated heterocycles. The molecule has 0 aromatic heterocycles. The molecule has 7 nitrogen and oxygen atoms in total. The summed E-state index contributed by atoms with van der Waals surface area (Å²) < 4.78 is 28.1. The van der Waals surface area contributed by atoms with E-state index < -0.39 is 16.0 Å². The second-order valence-corrected chi connectivity index (χ2v) is 2.84. The molecule has 0 fully saturated rings. The summed E-state index contributed by atoms with van der Waals surface area (Å²) in [5.74, 6) is 4.04. The number of nitrogens with one attached hydrogen (secondary N) is 1. The van der Waals surface area contributed by atoms with Gasteiger partial charge in [-0.2, -0.15) is 13.5 Å². The molecule has 0 bridgehead atoms. The fraction of sp³-hybridized carbons (Fsp3) is 1.00. The van der Waals surface area contributed by atoms with E-state index in [1.165, 1.54) is 0 Å². The Bertz CT molecular complexity index is 197. The summed E-state index contributed by atoms with van der Waals surface area (Å²) in [5.41, 5.74) is 0. The number of nitrogens with two attached hydrogens (primary N) is 1. The zero-order valence-electron chi connectivity index (χ0n) is 5.06. The van der Waals surface area contributed by atoms with Gasteiger partial charge in [0.1, 0.15) is 12.5 Å². The fourth-order valence-electron chi connectivity index (χ4n) is 0.265. The molecule has 0 aromatic carbocycles. The molecule has 0 atom stereocenters. The molecule has 60 valence electrons. The summed E-state index contributed by atoms with van der Waals surface area (Å²) in [6, 6.07) is 0. The minimum absolute atomic E-state index is 0.0315. The minimum atomic E-state index is -3.96. The standard InChI is InChI=1S/C2H8N4O3S/c3-6-5-1-4-2-10(7,8)9/h4H,1-2H2,(H2,3,5)(H,7,8,9).